The van der Waals surface area contributed by atoms with Crippen LogP contribution in [0.4, 0.5) is 11.4 Å². The predicted octanol–water partition coefficient (Wildman–Crippen LogP) is 5.82. The normalized spacial score (nSPS) is 11.4. The zero-order valence-corrected chi connectivity index (χ0v) is 21.9. The van der Waals surface area contributed by atoms with Crippen molar-refractivity contribution in [2.75, 3.05) is 30.1 Å². The lowest BCUT2D eigenvalue weighted by molar-refractivity contribution is 0.102. The minimum Gasteiger partial charge on any atom is -0.497 e. The second-order valence-corrected chi connectivity index (χ2v) is 10.7. The lowest BCUT2D eigenvalue weighted by Gasteiger charge is -2.24. The fourth-order valence-electron chi connectivity index (χ4n) is 4.31. The molecule has 9 heteroatoms. The molecule has 1 amide bonds. The largest absolute Gasteiger partial charge is 0.497 e. The summed E-state index contributed by atoms with van der Waals surface area (Å²) in [5.74, 6) is 0.630. The van der Waals surface area contributed by atoms with E-state index >= 15 is 0 Å². The van der Waals surface area contributed by atoms with Crippen LogP contribution in [0.25, 0.3) is 21.9 Å². The van der Waals surface area contributed by atoms with Gasteiger partial charge in [-0.3, -0.25) is 9.10 Å². The first-order valence-electron chi connectivity index (χ1n) is 11.8. The standard InChI is InChI=1S/C29H26N2O6S/c1-35-22-13-15-25(28(17-22)36-2)31(38(3,33)34)18-19-8-10-20(11-9-19)29(32)30-21-12-14-24-23-6-4-5-7-26(23)37-27(24)16-21/h4-17H,18H2,1-3H3,(H,30,32). The number of para-hydroxylation sites is 1. The van der Waals surface area contributed by atoms with Gasteiger partial charge >= 0.3 is 0 Å². The summed E-state index contributed by atoms with van der Waals surface area (Å²) in [5.41, 5.74) is 3.62. The molecule has 38 heavy (non-hydrogen) atoms. The topological polar surface area (TPSA) is 98.1 Å². The zero-order chi connectivity index (χ0) is 26.9. The number of hydrogen-bond donors (Lipinski definition) is 1. The van der Waals surface area contributed by atoms with Crippen LogP contribution in [0.15, 0.2) is 89.3 Å². The molecule has 0 saturated carbocycles. The van der Waals surface area contributed by atoms with Crippen LogP contribution in [0.1, 0.15) is 15.9 Å². The van der Waals surface area contributed by atoms with Gasteiger partial charge < -0.3 is 19.2 Å². The summed E-state index contributed by atoms with van der Waals surface area (Å²) in [6.07, 6.45) is 1.14. The number of nitrogens with zero attached hydrogens (tertiary/aromatic N) is 1. The van der Waals surface area contributed by atoms with E-state index in [0.29, 0.717) is 39.6 Å². The van der Waals surface area contributed by atoms with E-state index in [0.717, 1.165) is 22.6 Å². The molecule has 0 atom stereocenters. The van der Waals surface area contributed by atoms with Crippen LogP contribution in [-0.4, -0.2) is 34.8 Å². The summed E-state index contributed by atoms with van der Waals surface area (Å²) in [6.45, 7) is 0.0616. The number of benzene rings is 4. The molecule has 0 fully saturated rings. The van der Waals surface area contributed by atoms with Crippen molar-refractivity contribution >= 4 is 49.2 Å². The quantitative estimate of drug-likeness (QED) is 0.271. The second-order valence-electron chi connectivity index (χ2n) is 8.77. The third kappa shape index (κ3) is 5.01. The van der Waals surface area contributed by atoms with E-state index in [1.165, 1.54) is 18.5 Å². The molecule has 0 aliphatic heterocycles. The van der Waals surface area contributed by atoms with Gasteiger partial charge in [0.15, 0.2) is 0 Å². The Morgan fingerprint density at radius 2 is 1.61 bits per heavy atom. The Labute approximate surface area is 220 Å². The highest BCUT2D eigenvalue weighted by molar-refractivity contribution is 7.92. The van der Waals surface area contributed by atoms with Crippen molar-refractivity contribution in [2.24, 2.45) is 0 Å². The Hall–Kier alpha value is -4.50. The van der Waals surface area contributed by atoms with Gasteiger partial charge in [-0.1, -0.05) is 30.3 Å². The average Bonchev–Trinajstić information content (AvgIpc) is 3.29. The van der Waals surface area contributed by atoms with E-state index in [1.54, 1.807) is 48.5 Å². The molecule has 0 aliphatic carbocycles. The van der Waals surface area contributed by atoms with E-state index in [2.05, 4.69) is 5.32 Å². The van der Waals surface area contributed by atoms with Crippen LogP contribution in [0.3, 0.4) is 0 Å². The highest BCUT2D eigenvalue weighted by Gasteiger charge is 2.22. The van der Waals surface area contributed by atoms with E-state index < -0.39 is 10.0 Å². The molecule has 4 aromatic carbocycles. The first-order valence-corrected chi connectivity index (χ1v) is 13.6. The van der Waals surface area contributed by atoms with Crippen molar-refractivity contribution in [1.29, 1.82) is 0 Å². The summed E-state index contributed by atoms with van der Waals surface area (Å²) in [4.78, 5) is 12.9. The number of methoxy groups -OCH3 is 2. The number of carbonyl (C=O) groups excluding carboxylic acids is 1. The fraction of sp³-hybridized carbons (Fsp3) is 0.138. The number of rotatable bonds is 8. The van der Waals surface area contributed by atoms with Crippen LogP contribution in [-0.2, 0) is 16.6 Å². The van der Waals surface area contributed by atoms with Crippen molar-refractivity contribution in [3.05, 3.63) is 96.1 Å². The zero-order valence-electron chi connectivity index (χ0n) is 21.1. The van der Waals surface area contributed by atoms with Crippen LogP contribution in [0, 0.1) is 0 Å². The highest BCUT2D eigenvalue weighted by Crippen LogP contribution is 2.35. The summed E-state index contributed by atoms with van der Waals surface area (Å²) >= 11 is 0. The summed E-state index contributed by atoms with van der Waals surface area (Å²) in [7, 11) is -0.643. The molecular weight excluding hydrogens is 504 g/mol. The van der Waals surface area contributed by atoms with Crippen LogP contribution in [0.5, 0.6) is 11.5 Å². The van der Waals surface area contributed by atoms with Gasteiger partial charge in [0, 0.05) is 34.2 Å². The minimum atomic E-state index is -3.64. The van der Waals surface area contributed by atoms with Crippen molar-refractivity contribution in [2.45, 2.75) is 6.54 Å². The third-order valence-corrected chi connectivity index (χ3v) is 7.36. The van der Waals surface area contributed by atoms with E-state index in [-0.39, 0.29) is 12.5 Å². The van der Waals surface area contributed by atoms with Crippen LogP contribution < -0.4 is 19.1 Å². The Bertz CT molecular complexity index is 1740. The minimum absolute atomic E-state index is 0.0616. The molecule has 0 spiro atoms. The van der Waals surface area contributed by atoms with Gasteiger partial charge in [-0.2, -0.15) is 0 Å². The Morgan fingerprint density at radius 3 is 2.32 bits per heavy atom. The van der Waals surface area contributed by atoms with Crippen molar-refractivity contribution in [3.8, 4) is 11.5 Å². The monoisotopic (exact) mass is 530 g/mol. The smallest absolute Gasteiger partial charge is 0.255 e. The summed E-state index contributed by atoms with van der Waals surface area (Å²) in [5, 5.41) is 4.90. The van der Waals surface area contributed by atoms with E-state index in [1.807, 2.05) is 36.4 Å². The number of nitrogens with one attached hydrogen (secondary N) is 1. The Kier molecular flexibility index (Phi) is 6.69. The maximum atomic E-state index is 12.9. The number of ether oxygens (including phenoxy) is 2. The lowest BCUT2D eigenvalue weighted by atomic mass is 10.1. The van der Waals surface area contributed by atoms with E-state index in [9.17, 15) is 13.2 Å². The van der Waals surface area contributed by atoms with Gasteiger partial charge in [-0.05, 0) is 48.0 Å². The molecule has 1 heterocycles. The van der Waals surface area contributed by atoms with Gasteiger partial charge in [0.25, 0.3) is 5.91 Å². The SMILES string of the molecule is COc1ccc(N(Cc2ccc(C(=O)Nc3ccc4c(c3)oc3ccccc34)cc2)S(C)(=O)=O)c(OC)c1. The van der Waals surface area contributed by atoms with Gasteiger partial charge in [0.1, 0.15) is 22.7 Å². The van der Waals surface area contributed by atoms with E-state index in [4.69, 9.17) is 13.9 Å². The number of furan rings is 1. The molecule has 0 aliphatic rings. The molecule has 194 valence electrons. The highest BCUT2D eigenvalue weighted by atomic mass is 32.2. The first kappa shape index (κ1) is 25.2. The number of hydrogen-bond acceptors (Lipinski definition) is 6. The summed E-state index contributed by atoms with van der Waals surface area (Å²) in [6, 6.07) is 25.1. The van der Waals surface area contributed by atoms with Crippen molar-refractivity contribution < 1.29 is 27.1 Å². The molecule has 0 unspecified atom stereocenters. The molecule has 1 N–H and O–H groups in total. The molecule has 1 aromatic heterocycles. The number of fused-ring (bicyclic) bond motifs is 3. The number of anilines is 2. The van der Waals surface area contributed by atoms with Gasteiger partial charge in [-0.15, -0.1) is 0 Å². The number of amides is 1. The van der Waals surface area contributed by atoms with Crippen LogP contribution in [0.2, 0.25) is 0 Å². The van der Waals surface area contributed by atoms with Crippen LogP contribution >= 0.6 is 0 Å². The third-order valence-electron chi connectivity index (χ3n) is 6.23. The van der Waals surface area contributed by atoms with Gasteiger partial charge in [0.05, 0.1) is 32.7 Å². The fourth-order valence-corrected chi connectivity index (χ4v) is 5.20. The van der Waals surface area contributed by atoms with Crippen molar-refractivity contribution in [1.82, 2.24) is 0 Å². The maximum Gasteiger partial charge on any atom is 0.255 e. The molecule has 0 bridgehead atoms. The molecule has 0 radical (unpaired) electrons. The number of carbonyl (C=O) groups is 1. The van der Waals surface area contributed by atoms with Gasteiger partial charge in [-0.25, -0.2) is 8.42 Å². The number of sulfonamides is 1. The maximum absolute atomic E-state index is 12.9. The molecule has 8 nitrogen and oxygen atoms in total. The molecule has 5 rings (SSSR count). The Morgan fingerprint density at radius 1 is 0.868 bits per heavy atom. The predicted molar refractivity (Wildman–Crippen MR) is 149 cm³/mol. The summed E-state index contributed by atoms with van der Waals surface area (Å²) < 4.78 is 43.1. The van der Waals surface area contributed by atoms with Crippen molar-refractivity contribution in [3.63, 3.8) is 0 Å². The average molecular weight is 531 g/mol. The lowest BCUT2D eigenvalue weighted by Crippen LogP contribution is -2.29. The first-order chi connectivity index (χ1) is 18.3. The van der Waals surface area contributed by atoms with Gasteiger partial charge in [0.2, 0.25) is 10.0 Å². The molecular formula is C29H26N2O6S. The molecule has 5 aromatic rings. The molecule has 0 saturated heterocycles. The Balaban J connectivity index is 1.34. The second kappa shape index (κ2) is 10.1.